The highest BCUT2D eigenvalue weighted by Gasteiger charge is 2.29. The number of nitrogens with zero attached hydrogens (tertiary/aromatic N) is 6. The predicted molar refractivity (Wildman–Crippen MR) is 179 cm³/mol. The number of ether oxygens (including phenoxy) is 2. The van der Waals surface area contributed by atoms with Gasteiger partial charge in [-0.25, -0.2) is 24.7 Å². The fourth-order valence-electron chi connectivity index (χ4n) is 5.35. The second kappa shape index (κ2) is 14.7. The molecule has 2 amide bonds. The summed E-state index contributed by atoms with van der Waals surface area (Å²) in [6, 6.07) is 9.83. The van der Waals surface area contributed by atoms with Crippen LogP contribution in [0.2, 0.25) is 0 Å². The summed E-state index contributed by atoms with van der Waals surface area (Å²) in [6.45, 7) is 7.22. The average Bonchev–Trinajstić information content (AvgIpc) is 3.05. The van der Waals surface area contributed by atoms with Crippen LogP contribution in [0.5, 0.6) is 6.01 Å². The van der Waals surface area contributed by atoms with Crippen LogP contribution in [0.3, 0.4) is 0 Å². The Morgan fingerprint density at radius 1 is 1.11 bits per heavy atom. The van der Waals surface area contributed by atoms with E-state index in [1.165, 1.54) is 6.33 Å². The fraction of sp³-hybridized carbons (Fsp3) is 0.424. The standard InChI is InChI=1S/C33H40N8O4S/c1-33(2,3)45-32(43)41-13-7-8-23(18-41)44-31-37-15-21(16-38-31)27-14-28(40-20-39-27)36-17-22(19-46-5)24-9-6-10-25-26(30(42)34-4)11-12-35-29(24)25/h6,9-12,14-16,20,22-23H,7-8,13,17-19H2,1-5H3,(H,34,42)(H,36,39,40). The number of aromatic nitrogens is 5. The molecule has 0 bridgehead atoms. The molecule has 1 aliphatic rings. The van der Waals surface area contributed by atoms with E-state index in [1.807, 2.05) is 39.0 Å². The molecule has 0 radical (unpaired) electrons. The van der Waals surface area contributed by atoms with Crippen LogP contribution in [0.15, 0.2) is 55.2 Å². The first kappa shape index (κ1) is 32.9. The molecule has 4 aromatic rings. The zero-order valence-electron chi connectivity index (χ0n) is 26.8. The van der Waals surface area contributed by atoms with Crippen molar-refractivity contribution >= 4 is 40.5 Å². The van der Waals surface area contributed by atoms with E-state index in [0.29, 0.717) is 36.7 Å². The number of pyridine rings is 1. The molecule has 0 saturated carbocycles. The van der Waals surface area contributed by atoms with Crippen LogP contribution >= 0.6 is 11.8 Å². The number of thioether (sulfide) groups is 1. The van der Waals surface area contributed by atoms with Crippen molar-refractivity contribution in [1.82, 2.24) is 35.1 Å². The molecule has 1 aromatic carbocycles. The Hall–Kier alpha value is -4.52. The molecule has 3 aromatic heterocycles. The number of nitrogens with one attached hydrogen (secondary N) is 2. The van der Waals surface area contributed by atoms with Crippen molar-refractivity contribution in [2.45, 2.75) is 51.2 Å². The quantitative estimate of drug-likeness (QED) is 0.236. The molecule has 5 rings (SSSR count). The smallest absolute Gasteiger partial charge is 0.410 e. The van der Waals surface area contributed by atoms with Crippen molar-refractivity contribution < 1.29 is 19.1 Å². The zero-order chi connectivity index (χ0) is 32.7. The highest BCUT2D eigenvalue weighted by Crippen LogP contribution is 2.29. The van der Waals surface area contributed by atoms with Gasteiger partial charge in [-0.2, -0.15) is 11.8 Å². The number of likely N-dealkylation sites (tertiary alicyclic amines) is 1. The van der Waals surface area contributed by atoms with Crippen LogP contribution in [-0.2, 0) is 4.74 Å². The third kappa shape index (κ3) is 8.19. The van der Waals surface area contributed by atoms with E-state index < -0.39 is 5.60 Å². The van der Waals surface area contributed by atoms with E-state index in [2.05, 4.69) is 47.9 Å². The number of hydrogen-bond acceptors (Lipinski definition) is 11. The van der Waals surface area contributed by atoms with Crippen LogP contribution in [0.4, 0.5) is 10.6 Å². The predicted octanol–water partition coefficient (Wildman–Crippen LogP) is 5.18. The molecule has 242 valence electrons. The Balaban J connectivity index is 1.24. The van der Waals surface area contributed by atoms with Gasteiger partial charge in [-0.3, -0.25) is 9.78 Å². The lowest BCUT2D eigenvalue weighted by Crippen LogP contribution is -2.46. The Bertz CT molecular complexity index is 1660. The summed E-state index contributed by atoms with van der Waals surface area (Å²) in [4.78, 5) is 49.0. The van der Waals surface area contributed by atoms with Gasteiger partial charge in [-0.1, -0.05) is 18.2 Å². The maximum Gasteiger partial charge on any atom is 0.410 e. The lowest BCUT2D eigenvalue weighted by molar-refractivity contribution is 0.00660. The highest BCUT2D eigenvalue weighted by atomic mass is 32.2. The fourth-order valence-corrected chi connectivity index (χ4v) is 6.05. The van der Waals surface area contributed by atoms with Gasteiger partial charge >= 0.3 is 12.1 Å². The number of carbonyl (C=O) groups is 2. The molecule has 46 heavy (non-hydrogen) atoms. The molecule has 2 unspecified atom stereocenters. The van der Waals surface area contributed by atoms with E-state index in [1.54, 1.807) is 48.4 Å². The third-order valence-corrected chi connectivity index (χ3v) is 8.24. The zero-order valence-corrected chi connectivity index (χ0v) is 27.6. The number of carbonyl (C=O) groups excluding carboxylic acids is 2. The maximum absolute atomic E-state index is 12.5. The number of piperidine rings is 1. The minimum atomic E-state index is -0.552. The molecular formula is C33H40N8O4S. The van der Waals surface area contributed by atoms with Crippen molar-refractivity contribution in [2.24, 2.45) is 0 Å². The Kier molecular flexibility index (Phi) is 10.5. The summed E-state index contributed by atoms with van der Waals surface area (Å²) in [6.07, 6.45) is 9.66. The number of amides is 2. The molecular weight excluding hydrogens is 604 g/mol. The van der Waals surface area contributed by atoms with Gasteiger partial charge in [0.2, 0.25) is 0 Å². The number of benzene rings is 1. The second-order valence-corrected chi connectivity index (χ2v) is 13.0. The lowest BCUT2D eigenvalue weighted by atomic mass is 9.95. The normalized spacial score (nSPS) is 15.7. The van der Waals surface area contributed by atoms with Crippen molar-refractivity contribution in [3.05, 3.63) is 66.4 Å². The number of hydrogen-bond donors (Lipinski definition) is 2. The van der Waals surface area contributed by atoms with Crippen LogP contribution in [0.25, 0.3) is 22.2 Å². The molecule has 1 saturated heterocycles. The lowest BCUT2D eigenvalue weighted by Gasteiger charge is -2.33. The minimum Gasteiger partial charge on any atom is -0.458 e. The van der Waals surface area contributed by atoms with Crippen molar-refractivity contribution in [3.63, 3.8) is 0 Å². The number of rotatable bonds is 10. The summed E-state index contributed by atoms with van der Waals surface area (Å²) in [7, 11) is 1.63. The van der Waals surface area contributed by atoms with Crippen molar-refractivity contribution in [3.8, 4) is 17.3 Å². The Morgan fingerprint density at radius 2 is 1.91 bits per heavy atom. The molecule has 1 aliphatic heterocycles. The van der Waals surface area contributed by atoms with Crippen LogP contribution in [0, 0.1) is 0 Å². The first-order chi connectivity index (χ1) is 22.1. The summed E-state index contributed by atoms with van der Waals surface area (Å²) in [5.41, 5.74) is 3.32. The van der Waals surface area contributed by atoms with E-state index in [9.17, 15) is 9.59 Å². The molecule has 2 N–H and O–H groups in total. The van der Waals surface area contributed by atoms with E-state index in [4.69, 9.17) is 9.47 Å². The highest BCUT2D eigenvalue weighted by molar-refractivity contribution is 7.98. The molecule has 2 atom stereocenters. The van der Waals surface area contributed by atoms with Gasteiger partial charge in [0.25, 0.3) is 5.91 Å². The summed E-state index contributed by atoms with van der Waals surface area (Å²) >= 11 is 1.75. The third-order valence-electron chi connectivity index (χ3n) is 7.50. The van der Waals surface area contributed by atoms with Gasteiger partial charge in [0.15, 0.2) is 0 Å². The first-order valence-corrected chi connectivity index (χ1v) is 16.7. The van der Waals surface area contributed by atoms with Gasteiger partial charge in [-0.05, 0) is 51.5 Å². The first-order valence-electron chi connectivity index (χ1n) is 15.3. The largest absolute Gasteiger partial charge is 0.458 e. The SMILES string of the molecule is CNC(=O)c1ccnc2c(C(CNc3cc(-c4cnc(OC5CCCN(C(=O)OC(C)(C)C)C5)nc4)ncn3)CSC)cccc12. The van der Waals surface area contributed by atoms with Gasteiger partial charge in [0.1, 0.15) is 23.9 Å². The molecule has 0 spiro atoms. The topological polar surface area (TPSA) is 144 Å². The summed E-state index contributed by atoms with van der Waals surface area (Å²) in [5.74, 6) is 1.48. The second-order valence-electron chi connectivity index (χ2n) is 12.1. The number of anilines is 1. The van der Waals surface area contributed by atoms with Crippen LogP contribution < -0.4 is 15.4 Å². The van der Waals surface area contributed by atoms with Crippen LogP contribution in [-0.4, -0.2) is 92.2 Å². The maximum atomic E-state index is 12.5. The molecule has 1 fully saturated rings. The molecule has 0 aliphatic carbocycles. The average molecular weight is 645 g/mol. The number of fused-ring (bicyclic) bond motifs is 1. The summed E-state index contributed by atoms with van der Waals surface area (Å²) in [5, 5.41) is 7.00. The van der Waals surface area contributed by atoms with E-state index in [-0.39, 0.29) is 30.0 Å². The number of para-hydroxylation sites is 1. The van der Waals surface area contributed by atoms with Gasteiger partial charge < -0.3 is 25.0 Å². The monoisotopic (exact) mass is 644 g/mol. The summed E-state index contributed by atoms with van der Waals surface area (Å²) < 4.78 is 11.5. The van der Waals surface area contributed by atoms with Crippen molar-refractivity contribution in [2.75, 3.05) is 44.0 Å². The van der Waals surface area contributed by atoms with Crippen LogP contribution in [0.1, 0.15) is 55.5 Å². The molecule has 12 nitrogen and oxygen atoms in total. The Labute approximate surface area is 273 Å². The van der Waals surface area contributed by atoms with Gasteiger partial charge in [0.05, 0.1) is 23.3 Å². The molecule has 4 heterocycles. The van der Waals surface area contributed by atoms with Gasteiger partial charge in [0, 0.05) is 67.4 Å². The molecule has 13 heteroatoms. The Morgan fingerprint density at radius 3 is 2.65 bits per heavy atom. The van der Waals surface area contributed by atoms with Gasteiger partial charge in [-0.15, -0.1) is 0 Å². The van der Waals surface area contributed by atoms with E-state index >= 15 is 0 Å². The minimum absolute atomic E-state index is 0.107. The van der Waals surface area contributed by atoms with E-state index in [0.717, 1.165) is 40.6 Å². The van der Waals surface area contributed by atoms with Crippen molar-refractivity contribution in [1.29, 1.82) is 0 Å².